The van der Waals surface area contributed by atoms with E-state index in [0.29, 0.717) is 24.4 Å². The van der Waals surface area contributed by atoms with Crippen LogP contribution in [0.1, 0.15) is 18.9 Å². The second-order valence-electron chi connectivity index (χ2n) is 3.41. The molecule has 0 aliphatic carbocycles. The number of aryl methyl sites for hydroxylation is 1. The number of nitrogens with zero attached hydrogens (tertiary/aromatic N) is 1. The molecule has 0 saturated carbocycles. The molecule has 0 unspecified atom stereocenters. The Bertz CT molecular complexity index is 396. The molecule has 16 heavy (non-hydrogen) atoms. The number of rotatable bonds is 5. The predicted octanol–water partition coefficient (Wildman–Crippen LogP) is 2.17. The summed E-state index contributed by atoms with van der Waals surface area (Å²) in [6, 6.07) is 5.99. The lowest BCUT2D eigenvalue weighted by Crippen LogP contribution is -2.05. The van der Waals surface area contributed by atoms with Gasteiger partial charge in [-0.1, -0.05) is 13.0 Å². The summed E-state index contributed by atoms with van der Waals surface area (Å²) in [7, 11) is 1.60. The van der Waals surface area contributed by atoms with Crippen molar-refractivity contribution in [3.05, 3.63) is 17.7 Å². The highest BCUT2D eigenvalue weighted by atomic mass is 16.5. The molecule has 1 aromatic rings. The van der Waals surface area contributed by atoms with Crippen LogP contribution in [0.4, 0.5) is 11.4 Å². The molecule has 0 aliphatic rings. The van der Waals surface area contributed by atoms with Gasteiger partial charge in [0.15, 0.2) is 5.75 Å². The maximum Gasteiger partial charge on any atom is 0.165 e. The Morgan fingerprint density at radius 3 is 2.81 bits per heavy atom. The van der Waals surface area contributed by atoms with Crippen LogP contribution in [-0.2, 0) is 6.42 Å². The average Bonchev–Trinajstić information content (AvgIpc) is 2.30. The summed E-state index contributed by atoms with van der Waals surface area (Å²) in [4.78, 5) is 0. The van der Waals surface area contributed by atoms with Crippen LogP contribution in [0.3, 0.4) is 0 Å². The minimum absolute atomic E-state index is 0.457. The molecule has 86 valence electrons. The van der Waals surface area contributed by atoms with Gasteiger partial charge in [-0.15, -0.1) is 0 Å². The first-order valence-electron chi connectivity index (χ1n) is 5.30. The van der Waals surface area contributed by atoms with Gasteiger partial charge in [-0.05, 0) is 18.1 Å². The number of benzene rings is 1. The maximum absolute atomic E-state index is 8.46. The first-order chi connectivity index (χ1) is 7.74. The number of methoxy groups -OCH3 is 1. The number of hydrogen-bond acceptors (Lipinski definition) is 4. The molecule has 0 saturated heterocycles. The van der Waals surface area contributed by atoms with Gasteiger partial charge in [0.05, 0.1) is 31.0 Å². The second-order valence-corrected chi connectivity index (χ2v) is 3.41. The van der Waals surface area contributed by atoms with E-state index in [9.17, 15) is 0 Å². The molecule has 0 heterocycles. The van der Waals surface area contributed by atoms with Crippen LogP contribution in [-0.4, -0.2) is 13.7 Å². The Balaban J connectivity index is 2.93. The number of anilines is 2. The molecule has 0 aromatic heterocycles. The summed E-state index contributed by atoms with van der Waals surface area (Å²) in [6.07, 6.45) is 1.33. The number of nitrogen functional groups attached to an aromatic ring is 1. The molecular weight excluding hydrogens is 202 g/mol. The first-order valence-corrected chi connectivity index (χ1v) is 5.30. The van der Waals surface area contributed by atoms with Crippen molar-refractivity contribution < 1.29 is 4.74 Å². The van der Waals surface area contributed by atoms with Gasteiger partial charge in [0.1, 0.15) is 0 Å². The van der Waals surface area contributed by atoms with Crippen LogP contribution in [0.25, 0.3) is 0 Å². The standard InChI is InChI=1S/C12H17N3O/c1-3-9-5-6-10(15-8-4-7-13)12(16-2)11(9)14/h5-6,15H,3-4,8,14H2,1-2H3. The number of nitriles is 1. The second kappa shape index (κ2) is 5.86. The zero-order chi connectivity index (χ0) is 12.0. The van der Waals surface area contributed by atoms with Crippen LogP contribution in [0.5, 0.6) is 5.75 Å². The van der Waals surface area contributed by atoms with Gasteiger partial charge >= 0.3 is 0 Å². The molecule has 4 nitrogen and oxygen atoms in total. The summed E-state index contributed by atoms with van der Waals surface area (Å²) < 4.78 is 5.28. The van der Waals surface area contributed by atoms with Gasteiger partial charge in [0.2, 0.25) is 0 Å². The molecule has 1 rings (SSSR count). The molecule has 0 fully saturated rings. The van der Waals surface area contributed by atoms with E-state index in [1.807, 2.05) is 19.1 Å². The topological polar surface area (TPSA) is 71.1 Å². The molecule has 1 aromatic carbocycles. The highest BCUT2D eigenvalue weighted by Gasteiger charge is 2.09. The first kappa shape index (κ1) is 12.2. The third-order valence-electron chi connectivity index (χ3n) is 2.42. The predicted molar refractivity (Wildman–Crippen MR) is 65.5 cm³/mol. The van der Waals surface area contributed by atoms with E-state index < -0.39 is 0 Å². The molecule has 0 radical (unpaired) electrons. The lowest BCUT2D eigenvalue weighted by atomic mass is 10.1. The monoisotopic (exact) mass is 219 g/mol. The highest BCUT2D eigenvalue weighted by molar-refractivity contribution is 5.72. The van der Waals surface area contributed by atoms with E-state index in [4.69, 9.17) is 15.7 Å². The largest absolute Gasteiger partial charge is 0.492 e. The Morgan fingerprint density at radius 2 is 2.25 bits per heavy atom. The summed E-state index contributed by atoms with van der Waals surface area (Å²) in [6.45, 7) is 2.64. The van der Waals surface area contributed by atoms with Crippen molar-refractivity contribution in [2.24, 2.45) is 0 Å². The minimum atomic E-state index is 0.457. The normalized spacial score (nSPS) is 9.56. The summed E-state index contributed by atoms with van der Waals surface area (Å²) >= 11 is 0. The van der Waals surface area contributed by atoms with Crippen molar-refractivity contribution in [3.63, 3.8) is 0 Å². The molecular formula is C12H17N3O. The van der Waals surface area contributed by atoms with Gasteiger partial charge in [-0.3, -0.25) is 0 Å². The van der Waals surface area contributed by atoms with Gasteiger partial charge in [-0.25, -0.2) is 0 Å². The molecule has 0 amide bonds. The van der Waals surface area contributed by atoms with E-state index in [1.54, 1.807) is 7.11 Å². The molecule has 0 atom stereocenters. The lowest BCUT2D eigenvalue weighted by molar-refractivity contribution is 0.418. The fraction of sp³-hybridized carbons (Fsp3) is 0.417. The van der Waals surface area contributed by atoms with Crippen LogP contribution >= 0.6 is 0 Å². The third kappa shape index (κ3) is 2.57. The minimum Gasteiger partial charge on any atom is -0.492 e. The van der Waals surface area contributed by atoms with E-state index in [-0.39, 0.29) is 0 Å². The number of nitrogens with one attached hydrogen (secondary N) is 1. The van der Waals surface area contributed by atoms with Crippen LogP contribution in [0, 0.1) is 11.3 Å². The number of ether oxygens (including phenoxy) is 1. The number of nitrogens with two attached hydrogens (primary N) is 1. The van der Waals surface area contributed by atoms with E-state index in [1.165, 1.54) is 0 Å². The molecule has 0 bridgehead atoms. The Hall–Kier alpha value is -1.89. The Kier molecular flexibility index (Phi) is 4.46. The average molecular weight is 219 g/mol. The highest BCUT2D eigenvalue weighted by Crippen LogP contribution is 2.34. The lowest BCUT2D eigenvalue weighted by Gasteiger charge is -2.14. The van der Waals surface area contributed by atoms with Crippen molar-refractivity contribution in [3.8, 4) is 11.8 Å². The molecule has 0 aliphatic heterocycles. The van der Waals surface area contributed by atoms with Gasteiger partial charge in [0.25, 0.3) is 0 Å². The third-order valence-corrected chi connectivity index (χ3v) is 2.42. The van der Waals surface area contributed by atoms with Crippen molar-refractivity contribution in [1.29, 1.82) is 5.26 Å². The van der Waals surface area contributed by atoms with Crippen molar-refractivity contribution >= 4 is 11.4 Å². The van der Waals surface area contributed by atoms with Crippen LogP contribution in [0.2, 0.25) is 0 Å². The molecule has 4 heteroatoms. The van der Waals surface area contributed by atoms with E-state index >= 15 is 0 Å². The Morgan fingerprint density at radius 1 is 1.50 bits per heavy atom. The van der Waals surface area contributed by atoms with Crippen LogP contribution < -0.4 is 15.8 Å². The van der Waals surface area contributed by atoms with Gasteiger partial charge in [0, 0.05) is 6.54 Å². The van der Waals surface area contributed by atoms with Crippen molar-refractivity contribution in [2.45, 2.75) is 19.8 Å². The van der Waals surface area contributed by atoms with Gasteiger partial charge in [-0.2, -0.15) is 5.26 Å². The quantitative estimate of drug-likeness (QED) is 0.588. The fourth-order valence-corrected chi connectivity index (χ4v) is 1.56. The van der Waals surface area contributed by atoms with Crippen LogP contribution in [0.15, 0.2) is 12.1 Å². The molecule has 0 spiro atoms. The van der Waals surface area contributed by atoms with E-state index in [0.717, 1.165) is 17.7 Å². The smallest absolute Gasteiger partial charge is 0.165 e. The fourth-order valence-electron chi connectivity index (χ4n) is 1.56. The zero-order valence-corrected chi connectivity index (χ0v) is 9.71. The summed E-state index contributed by atoms with van der Waals surface area (Å²) in [5, 5.41) is 11.6. The summed E-state index contributed by atoms with van der Waals surface area (Å²) in [5.74, 6) is 0.664. The van der Waals surface area contributed by atoms with E-state index in [2.05, 4.69) is 11.4 Å². The molecule has 3 N–H and O–H groups in total. The number of hydrogen-bond donors (Lipinski definition) is 2. The zero-order valence-electron chi connectivity index (χ0n) is 9.71. The Labute approximate surface area is 96.0 Å². The van der Waals surface area contributed by atoms with Crippen molar-refractivity contribution in [1.82, 2.24) is 0 Å². The van der Waals surface area contributed by atoms with Crippen molar-refractivity contribution in [2.75, 3.05) is 24.7 Å². The maximum atomic E-state index is 8.46. The SMILES string of the molecule is CCc1ccc(NCCC#N)c(OC)c1N. The van der Waals surface area contributed by atoms with Gasteiger partial charge < -0.3 is 15.8 Å². The summed E-state index contributed by atoms with van der Waals surface area (Å²) in [5.41, 5.74) is 8.56.